The van der Waals surface area contributed by atoms with E-state index in [1.807, 2.05) is 25.4 Å². The van der Waals surface area contributed by atoms with E-state index in [4.69, 9.17) is 16.2 Å². The lowest BCUT2D eigenvalue weighted by Crippen LogP contribution is -2.67. The number of nitrogens with zero attached hydrogens (tertiary/aromatic N) is 1. The third kappa shape index (κ3) is 8.02. The van der Waals surface area contributed by atoms with Crippen LogP contribution in [0.4, 0.5) is 0 Å². The van der Waals surface area contributed by atoms with E-state index in [0.717, 1.165) is 31.2 Å². The number of ether oxygens (including phenoxy) is 1. The maximum Gasteiger partial charge on any atom is 0.314 e. The average Bonchev–Trinajstić information content (AvgIpc) is 4.03. The highest BCUT2D eigenvalue weighted by molar-refractivity contribution is 6.00. The quantitative estimate of drug-likeness (QED) is 0.0483. The Morgan fingerprint density at radius 3 is 2.46 bits per heavy atom. The van der Waals surface area contributed by atoms with E-state index in [1.165, 1.54) is 12.5 Å². The van der Waals surface area contributed by atoms with Gasteiger partial charge < -0.3 is 57.1 Å². The predicted octanol–water partition coefficient (Wildman–Crippen LogP) is 5.08. The molecule has 21 atom stereocenters. The van der Waals surface area contributed by atoms with Gasteiger partial charge in [0.25, 0.3) is 0 Å². The van der Waals surface area contributed by atoms with Gasteiger partial charge in [0.15, 0.2) is 17.5 Å². The summed E-state index contributed by atoms with van der Waals surface area (Å²) in [6, 6.07) is 0.778. The zero-order chi connectivity index (χ0) is 53.1. The van der Waals surface area contributed by atoms with Gasteiger partial charge in [-0.05, 0) is 174 Å². The molecule has 0 radical (unpaired) electrons. The zero-order valence-electron chi connectivity index (χ0n) is 44.6. The van der Waals surface area contributed by atoms with E-state index >= 15 is 4.79 Å². The second-order valence-electron chi connectivity index (χ2n) is 25.9. The van der Waals surface area contributed by atoms with Crippen molar-refractivity contribution in [1.29, 1.82) is 0 Å². The number of aromatic amines is 1. The number of nitrogens with two attached hydrogens (primary N) is 2. The van der Waals surface area contributed by atoms with Crippen LogP contribution in [0.3, 0.4) is 0 Å². The molecule has 15 heteroatoms. The summed E-state index contributed by atoms with van der Waals surface area (Å²) >= 11 is 0. The van der Waals surface area contributed by atoms with E-state index in [-0.39, 0.29) is 104 Å². The molecular formula is C59H85N5O10. The summed E-state index contributed by atoms with van der Waals surface area (Å²) in [5, 5.41) is 79.1. The fourth-order valence-corrected chi connectivity index (χ4v) is 19.0. The third-order valence-electron chi connectivity index (χ3n) is 22.4. The number of Topliss-reactive ketones (excluding diaryl/α,β-unsaturated/α-hetero) is 2. The highest BCUT2D eigenvalue weighted by Gasteiger charge is 2.76. The fourth-order valence-electron chi connectivity index (χ4n) is 19.0. The summed E-state index contributed by atoms with van der Waals surface area (Å²) < 4.78 is 6.33. The first kappa shape index (κ1) is 53.4. The minimum absolute atomic E-state index is 0.0218. The van der Waals surface area contributed by atoms with E-state index in [1.54, 1.807) is 6.92 Å². The molecule has 21 unspecified atom stereocenters. The van der Waals surface area contributed by atoms with Gasteiger partial charge in [-0.25, -0.2) is 0 Å². The highest BCUT2D eigenvalue weighted by atomic mass is 16.6. The standard InChI is InChI=1S/C59H85N5O10/c1-7-45-46(47(52(70)74-45)37-16-21-62-29-37)35-9-8-10-36-27-59(73)48-39(54(5)28-44(68)43(67)24-41(54)50(69)49(48)64-42(30-65)33(4)66)15-17-57(59,20-22-63-53(60)61)51(36)55(6,71)58(72)19-18-56(26-35)38(32(3)25-58)14-13-34-12-11-31(2)23-40(34)56/h13,16,21,29,31-32,35-36,38-47,51,62,64-65,67-68,71-73H,7,10-12,14-15,17-20,22-28,30H2,1-6H3,(H4,60,61,63). The second-order valence-corrected chi connectivity index (χ2v) is 25.9. The molecule has 406 valence electrons. The number of allylic oxidation sites excluding steroid dienone is 3. The van der Waals surface area contributed by atoms with Gasteiger partial charge in [0.05, 0.1) is 47.2 Å². The number of aliphatic hydroxyl groups excluding tert-OH is 3. The normalized spacial score (nSPS) is 47.0. The van der Waals surface area contributed by atoms with Crippen LogP contribution in [0.15, 0.2) is 46.4 Å². The topological polar surface area (TPSA) is 274 Å². The van der Waals surface area contributed by atoms with Gasteiger partial charge in [-0.2, -0.15) is 0 Å². The van der Waals surface area contributed by atoms with Crippen LogP contribution >= 0.6 is 0 Å². The molecule has 0 amide bonds. The monoisotopic (exact) mass is 1020 g/mol. The number of carbonyl (C=O) groups is 3. The van der Waals surface area contributed by atoms with Crippen molar-refractivity contribution in [2.24, 2.45) is 91.9 Å². The molecular weight excluding hydrogens is 939 g/mol. The largest absolute Gasteiger partial charge is 0.462 e. The molecule has 10 rings (SSSR count). The minimum atomic E-state index is -1.91. The zero-order valence-corrected chi connectivity index (χ0v) is 44.6. The van der Waals surface area contributed by atoms with Crippen molar-refractivity contribution in [3.05, 3.63) is 46.9 Å². The summed E-state index contributed by atoms with van der Waals surface area (Å²) in [6.07, 6.45) is 11.3. The van der Waals surface area contributed by atoms with Crippen LogP contribution in [0.25, 0.3) is 0 Å². The summed E-state index contributed by atoms with van der Waals surface area (Å²) in [6.45, 7) is 11.2. The Kier molecular flexibility index (Phi) is 13.8. The molecule has 1 aromatic heterocycles. The number of carbonyl (C=O) groups excluding carboxylic acids is 3. The lowest BCUT2D eigenvalue weighted by atomic mass is 9.43. The van der Waals surface area contributed by atoms with E-state index < -0.39 is 93.6 Å². The van der Waals surface area contributed by atoms with Crippen molar-refractivity contribution in [3.63, 3.8) is 0 Å². The predicted molar refractivity (Wildman–Crippen MR) is 278 cm³/mol. The number of hydrogen-bond donors (Lipinski definition) is 10. The summed E-state index contributed by atoms with van der Waals surface area (Å²) in [5.74, 6) is 3.36. The molecule has 1 aromatic rings. The Labute approximate surface area is 437 Å². The number of esters is 1. The van der Waals surface area contributed by atoms with E-state index in [9.17, 15) is 40.2 Å². The average molecular weight is 1020 g/mol. The number of nitrogens with one attached hydrogen (secondary N) is 2. The Bertz CT molecular complexity index is 2530. The van der Waals surface area contributed by atoms with Crippen LogP contribution in [0.2, 0.25) is 0 Å². The summed E-state index contributed by atoms with van der Waals surface area (Å²) in [5.41, 5.74) is 6.84. The van der Waals surface area contributed by atoms with Crippen LogP contribution < -0.4 is 16.8 Å². The number of ketones is 2. The first-order chi connectivity index (χ1) is 35.0. The number of fused-ring (bicyclic) bond motifs is 10. The van der Waals surface area contributed by atoms with Crippen molar-refractivity contribution in [1.82, 2.24) is 10.3 Å². The van der Waals surface area contributed by atoms with E-state index in [0.29, 0.717) is 50.0 Å². The lowest BCUT2D eigenvalue weighted by Gasteiger charge is -2.63. The van der Waals surface area contributed by atoms with Crippen LogP contribution in [0.5, 0.6) is 0 Å². The van der Waals surface area contributed by atoms with Gasteiger partial charge in [0.2, 0.25) is 0 Å². The molecule has 2 heterocycles. The van der Waals surface area contributed by atoms with Crippen LogP contribution in [0.1, 0.15) is 156 Å². The lowest BCUT2D eigenvalue weighted by molar-refractivity contribution is -0.227. The van der Waals surface area contributed by atoms with Crippen LogP contribution in [-0.4, -0.2) is 113 Å². The summed E-state index contributed by atoms with van der Waals surface area (Å²) in [7, 11) is 0. The Morgan fingerprint density at radius 1 is 1.00 bits per heavy atom. The van der Waals surface area contributed by atoms with Gasteiger partial charge in [-0.1, -0.05) is 45.3 Å². The highest BCUT2D eigenvalue weighted by Crippen LogP contribution is 2.74. The molecule has 5 saturated carbocycles. The van der Waals surface area contributed by atoms with Gasteiger partial charge in [0, 0.05) is 54.4 Å². The smallest absolute Gasteiger partial charge is 0.314 e. The number of aromatic nitrogens is 1. The molecule has 8 aliphatic carbocycles. The number of aliphatic hydroxyl groups is 6. The van der Waals surface area contributed by atoms with Crippen molar-refractivity contribution in [2.75, 3.05) is 13.2 Å². The minimum Gasteiger partial charge on any atom is -0.462 e. The number of hydrogen-bond acceptors (Lipinski definition) is 12. The Balaban J connectivity index is 1.21. The van der Waals surface area contributed by atoms with Gasteiger partial charge >= 0.3 is 5.97 Å². The molecule has 74 heavy (non-hydrogen) atoms. The van der Waals surface area contributed by atoms with Gasteiger partial charge in [0.1, 0.15) is 12.1 Å². The molecule has 12 N–H and O–H groups in total. The fraction of sp³-hybridized carbons (Fsp3) is 0.763. The third-order valence-corrected chi connectivity index (χ3v) is 22.4. The maximum absolute atomic E-state index is 15.4. The van der Waals surface area contributed by atoms with Crippen LogP contribution in [-0.2, 0) is 19.1 Å². The number of guanidine groups is 1. The van der Waals surface area contributed by atoms with Crippen molar-refractivity contribution in [2.45, 2.75) is 191 Å². The summed E-state index contributed by atoms with van der Waals surface area (Å²) in [4.78, 5) is 50.5. The molecule has 6 fully saturated rings. The maximum atomic E-state index is 15.4. The number of H-pyrrole nitrogens is 1. The number of cyclic esters (lactones) is 1. The first-order valence-corrected chi connectivity index (χ1v) is 28.3. The Morgan fingerprint density at radius 2 is 1.77 bits per heavy atom. The van der Waals surface area contributed by atoms with Crippen LogP contribution in [0, 0.1) is 87.3 Å². The molecule has 1 aliphatic heterocycles. The number of aliphatic imine (C=N–C) groups is 1. The van der Waals surface area contributed by atoms with E-state index in [2.05, 4.69) is 54.0 Å². The van der Waals surface area contributed by atoms with Crippen molar-refractivity contribution in [3.8, 4) is 11.8 Å². The first-order valence-electron chi connectivity index (χ1n) is 28.3. The molecule has 2 bridgehead atoms. The molecule has 0 aromatic carbocycles. The number of rotatable bonds is 10. The Hall–Kier alpha value is -4.04. The molecule has 1 saturated heterocycles. The molecule has 9 aliphatic rings. The van der Waals surface area contributed by atoms with Gasteiger partial charge in [-0.15, -0.1) is 5.92 Å². The molecule has 1 spiro atoms. The SMILES string of the molecule is CCC1OC(=O)C(c2cc[nH]c2)C1C1C#CCC2CC3(O)C4=C(NC(CO)C(C)=O)C(=O)C5CC(O)C(O)CC5(C)C4CCC3(CCN=C(N)N)C2C(C)(O)C2(O)CCC3(C1)C1CC(C)CCC1=CCC3C(C)C2. The van der Waals surface area contributed by atoms with Gasteiger partial charge in [-0.3, -0.25) is 19.4 Å². The molecule has 15 nitrogen and oxygen atoms in total. The van der Waals surface area contributed by atoms with Crippen molar-refractivity contribution >= 4 is 23.5 Å². The second kappa shape index (κ2) is 19.2. The van der Waals surface area contributed by atoms with Crippen molar-refractivity contribution < 1.29 is 49.8 Å².